The molecule has 19 heavy (non-hydrogen) atoms. The van der Waals surface area contributed by atoms with Gasteiger partial charge in [0.15, 0.2) is 5.41 Å². The average molecular weight is 283 g/mol. The zero-order chi connectivity index (χ0) is 14.0. The van der Waals surface area contributed by atoms with Gasteiger partial charge in [-0.15, -0.1) is 0 Å². The highest BCUT2D eigenvalue weighted by Gasteiger charge is 2.54. The van der Waals surface area contributed by atoms with Gasteiger partial charge in [-0.25, -0.2) is 0 Å². The van der Waals surface area contributed by atoms with Crippen molar-refractivity contribution in [2.24, 2.45) is 0 Å². The van der Waals surface area contributed by atoms with Gasteiger partial charge in [0.05, 0.1) is 13.7 Å². The topological polar surface area (TPSA) is 52.6 Å². The van der Waals surface area contributed by atoms with Gasteiger partial charge in [0.2, 0.25) is 0 Å². The number of esters is 2. The number of methoxy groups -OCH3 is 1. The second-order valence-electron chi connectivity index (χ2n) is 4.42. The van der Waals surface area contributed by atoms with Crippen molar-refractivity contribution in [1.82, 2.24) is 0 Å². The van der Waals surface area contributed by atoms with E-state index in [1.165, 1.54) is 7.11 Å². The molecule has 1 aromatic carbocycles. The van der Waals surface area contributed by atoms with Gasteiger partial charge >= 0.3 is 11.9 Å². The maximum Gasteiger partial charge on any atom is 0.328 e. The quantitative estimate of drug-likeness (QED) is 0.630. The van der Waals surface area contributed by atoms with E-state index in [4.69, 9.17) is 21.1 Å². The fraction of sp³-hybridized carbons (Fsp3) is 0.429. The van der Waals surface area contributed by atoms with Gasteiger partial charge in [0, 0.05) is 5.02 Å². The van der Waals surface area contributed by atoms with Crippen LogP contribution in [0.15, 0.2) is 18.2 Å². The van der Waals surface area contributed by atoms with Crippen molar-refractivity contribution in [3.63, 3.8) is 0 Å². The molecule has 1 atom stereocenters. The molecule has 102 valence electrons. The van der Waals surface area contributed by atoms with Crippen molar-refractivity contribution in [2.45, 2.75) is 25.2 Å². The van der Waals surface area contributed by atoms with Crippen LogP contribution in [0.25, 0.3) is 0 Å². The van der Waals surface area contributed by atoms with Crippen LogP contribution in [0, 0.1) is 0 Å². The molecule has 1 aromatic rings. The molecule has 0 aliphatic heterocycles. The number of carbonyl (C=O) groups is 2. The highest BCUT2D eigenvalue weighted by Crippen LogP contribution is 2.42. The lowest BCUT2D eigenvalue weighted by Gasteiger charge is -2.24. The minimum Gasteiger partial charge on any atom is -0.468 e. The van der Waals surface area contributed by atoms with Gasteiger partial charge < -0.3 is 9.47 Å². The van der Waals surface area contributed by atoms with E-state index in [0.717, 1.165) is 5.56 Å². The van der Waals surface area contributed by atoms with Crippen LogP contribution in [0.3, 0.4) is 0 Å². The fourth-order valence-electron chi connectivity index (χ4n) is 2.58. The van der Waals surface area contributed by atoms with Crippen LogP contribution in [0.4, 0.5) is 0 Å². The molecular formula is C14H15ClO4. The molecule has 0 saturated carbocycles. The summed E-state index contributed by atoms with van der Waals surface area (Å²) in [5.41, 5.74) is 0.193. The van der Waals surface area contributed by atoms with E-state index in [1.54, 1.807) is 25.1 Å². The third-order valence-corrected chi connectivity index (χ3v) is 3.69. The molecular weight excluding hydrogens is 268 g/mol. The fourth-order valence-corrected chi connectivity index (χ4v) is 2.77. The van der Waals surface area contributed by atoms with E-state index in [9.17, 15) is 9.59 Å². The summed E-state index contributed by atoms with van der Waals surface area (Å²) in [4.78, 5) is 24.4. The number of hydrogen-bond donors (Lipinski definition) is 0. The van der Waals surface area contributed by atoms with Gasteiger partial charge in [-0.1, -0.05) is 17.7 Å². The zero-order valence-corrected chi connectivity index (χ0v) is 11.6. The molecule has 0 bridgehead atoms. The van der Waals surface area contributed by atoms with Crippen molar-refractivity contribution in [1.29, 1.82) is 0 Å². The average Bonchev–Trinajstić information content (AvgIpc) is 2.77. The predicted octanol–water partition coefficient (Wildman–Crippen LogP) is 2.26. The number of fused-ring (bicyclic) bond motifs is 1. The Labute approximate surface area is 116 Å². The lowest BCUT2D eigenvalue weighted by molar-refractivity contribution is -0.163. The standard InChI is InChI=1S/C14H15ClO4/c1-3-19-13(17)14(12(16)18-2)7-6-9-8-10(15)4-5-11(9)14/h4-5,8H,3,6-7H2,1-2H3. The molecule has 5 heteroatoms. The number of hydrogen-bond acceptors (Lipinski definition) is 4. The maximum atomic E-state index is 12.3. The third-order valence-electron chi connectivity index (χ3n) is 3.45. The Hall–Kier alpha value is -1.55. The summed E-state index contributed by atoms with van der Waals surface area (Å²) in [6.07, 6.45) is 0.956. The first kappa shape index (κ1) is 13.9. The first-order chi connectivity index (χ1) is 9.06. The lowest BCUT2D eigenvalue weighted by atomic mass is 9.82. The van der Waals surface area contributed by atoms with Crippen LogP contribution in [0.2, 0.25) is 5.02 Å². The summed E-state index contributed by atoms with van der Waals surface area (Å²) in [6.45, 7) is 1.93. The Balaban J connectivity index is 2.54. The van der Waals surface area contributed by atoms with E-state index >= 15 is 0 Å². The van der Waals surface area contributed by atoms with Gasteiger partial charge in [-0.3, -0.25) is 9.59 Å². The summed E-state index contributed by atoms with van der Waals surface area (Å²) in [6, 6.07) is 5.15. The Bertz CT molecular complexity index is 526. The van der Waals surface area contributed by atoms with Crippen LogP contribution >= 0.6 is 11.6 Å². The molecule has 0 fully saturated rings. The summed E-state index contributed by atoms with van der Waals surface area (Å²) >= 11 is 5.94. The second-order valence-corrected chi connectivity index (χ2v) is 4.86. The number of halogens is 1. The molecule has 0 saturated heterocycles. The van der Waals surface area contributed by atoms with Crippen LogP contribution in [0.1, 0.15) is 24.5 Å². The van der Waals surface area contributed by atoms with E-state index in [2.05, 4.69) is 0 Å². The second kappa shape index (κ2) is 5.21. The van der Waals surface area contributed by atoms with Gasteiger partial charge in [-0.05, 0) is 43.0 Å². The van der Waals surface area contributed by atoms with Crippen LogP contribution in [-0.2, 0) is 30.9 Å². The summed E-state index contributed by atoms with van der Waals surface area (Å²) < 4.78 is 9.89. The summed E-state index contributed by atoms with van der Waals surface area (Å²) in [5, 5.41) is 0.586. The van der Waals surface area contributed by atoms with E-state index in [-0.39, 0.29) is 6.61 Å². The summed E-state index contributed by atoms with van der Waals surface area (Å²) in [7, 11) is 1.28. The number of carbonyl (C=O) groups excluding carboxylic acids is 2. The largest absolute Gasteiger partial charge is 0.468 e. The monoisotopic (exact) mass is 282 g/mol. The smallest absolute Gasteiger partial charge is 0.328 e. The molecule has 0 heterocycles. The van der Waals surface area contributed by atoms with Crippen molar-refractivity contribution >= 4 is 23.5 Å². The first-order valence-corrected chi connectivity index (χ1v) is 6.48. The van der Waals surface area contributed by atoms with Gasteiger partial charge in [0.1, 0.15) is 0 Å². The van der Waals surface area contributed by atoms with Crippen molar-refractivity contribution in [2.75, 3.05) is 13.7 Å². The number of aryl methyl sites for hydroxylation is 1. The molecule has 0 N–H and O–H groups in total. The van der Waals surface area contributed by atoms with Crippen molar-refractivity contribution < 1.29 is 19.1 Å². The van der Waals surface area contributed by atoms with Crippen LogP contribution < -0.4 is 0 Å². The normalized spacial score (nSPS) is 20.8. The molecule has 1 aliphatic rings. The van der Waals surface area contributed by atoms with Crippen molar-refractivity contribution in [3.8, 4) is 0 Å². The molecule has 0 aromatic heterocycles. The SMILES string of the molecule is CCOC(=O)C1(C(=O)OC)CCc2cc(Cl)ccc21. The van der Waals surface area contributed by atoms with Crippen LogP contribution in [-0.4, -0.2) is 25.7 Å². The third kappa shape index (κ3) is 2.10. The lowest BCUT2D eigenvalue weighted by Crippen LogP contribution is -2.44. The Morgan fingerprint density at radius 1 is 1.37 bits per heavy atom. The van der Waals surface area contributed by atoms with Gasteiger partial charge in [0.25, 0.3) is 0 Å². The van der Waals surface area contributed by atoms with E-state index in [0.29, 0.717) is 23.4 Å². The highest BCUT2D eigenvalue weighted by molar-refractivity contribution is 6.30. The zero-order valence-electron chi connectivity index (χ0n) is 10.9. The number of ether oxygens (including phenoxy) is 2. The Morgan fingerprint density at radius 3 is 2.74 bits per heavy atom. The van der Waals surface area contributed by atoms with Gasteiger partial charge in [-0.2, -0.15) is 0 Å². The van der Waals surface area contributed by atoms with E-state index in [1.807, 2.05) is 0 Å². The highest BCUT2D eigenvalue weighted by atomic mass is 35.5. The molecule has 4 nitrogen and oxygen atoms in total. The Kier molecular flexibility index (Phi) is 3.80. The molecule has 0 radical (unpaired) electrons. The molecule has 1 aliphatic carbocycles. The summed E-state index contributed by atoms with van der Waals surface area (Å²) in [5.74, 6) is -1.13. The predicted molar refractivity (Wildman–Crippen MR) is 70.1 cm³/mol. The molecule has 0 amide bonds. The minimum absolute atomic E-state index is 0.223. The van der Waals surface area contributed by atoms with Crippen LogP contribution in [0.5, 0.6) is 0 Å². The first-order valence-electron chi connectivity index (χ1n) is 6.10. The Morgan fingerprint density at radius 2 is 2.11 bits per heavy atom. The number of rotatable bonds is 3. The maximum absolute atomic E-state index is 12.3. The molecule has 0 spiro atoms. The van der Waals surface area contributed by atoms with Crippen molar-refractivity contribution in [3.05, 3.63) is 34.3 Å². The van der Waals surface area contributed by atoms with E-state index < -0.39 is 17.4 Å². The number of benzene rings is 1. The minimum atomic E-state index is -1.34. The molecule has 1 unspecified atom stereocenters. The molecule has 2 rings (SSSR count).